The predicted molar refractivity (Wildman–Crippen MR) is 68.6 cm³/mol. The zero-order chi connectivity index (χ0) is 10.9. The van der Waals surface area contributed by atoms with E-state index in [9.17, 15) is 0 Å². The molecule has 15 heavy (non-hydrogen) atoms. The number of hydrogen-bond acceptors (Lipinski definition) is 1. The van der Waals surface area contributed by atoms with Crippen LogP contribution in [0.3, 0.4) is 0 Å². The van der Waals surface area contributed by atoms with Crippen molar-refractivity contribution < 1.29 is 0 Å². The van der Waals surface area contributed by atoms with E-state index in [1.807, 2.05) is 0 Å². The van der Waals surface area contributed by atoms with Crippen LogP contribution in [0.4, 0.5) is 5.69 Å². The molecule has 0 unspecified atom stereocenters. The first-order valence-corrected chi connectivity index (χ1v) is 8.69. The Balaban J connectivity index is 2.24. The van der Waals surface area contributed by atoms with Gasteiger partial charge in [0.2, 0.25) is 0 Å². The van der Waals surface area contributed by atoms with E-state index in [4.69, 9.17) is 0 Å². The van der Waals surface area contributed by atoms with Crippen LogP contribution in [0.2, 0.25) is 0 Å². The molecule has 0 saturated heterocycles. The quantitative estimate of drug-likeness (QED) is 0.771. The van der Waals surface area contributed by atoms with Crippen LogP contribution >= 0.6 is 0 Å². The fraction of sp³-hybridized carbons (Fsp3) is 0.308. The van der Waals surface area contributed by atoms with Gasteiger partial charge in [0.25, 0.3) is 0 Å². The molecule has 0 saturated carbocycles. The molecular weight excluding hydrogens is 285 g/mol. The number of hydrogen-bond donors (Lipinski definition) is 0. The Morgan fingerprint density at radius 3 is 2.20 bits per heavy atom. The van der Waals surface area contributed by atoms with Crippen molar-refractivity contribution >= 4 is 32.2 Å². The minimum atomic E-state index is -0.626. The van der Waals surface area contributed by atoms with Crippen LogP contribution in [0.5, 0.6) is 0 Å². The van der Waals surface area contributed by atoms with E-state index in [0.717, 1.165) is 0 Å². The summed E-state index contributed by atoms with van der Waals surface area (Å²) in [6, 6.07) is 9.00. The van der Waals surface area contributed by atoms with Crippen LogP contribution in [0.15, 0.2) is 36.5 Å². The van der Waals surface area contributed by atoms with Crippen molar-refractivity contribution in [1.82, 2.24) is 0 Å². The van der Waals surface area contributed by atoms with Gasteiger partial charge in [-0.3, -0.25) is 0 Å². The third kappa shape index (κ3) is 2.54. The minimum absolute atomic E-state index is 0.257. The van der Waals surface area contributed by atoms with Gasteiger partial charge in [0.15, 0.2) is 0 Å². The van der Waals surface area contributed by atoms with Crippen molar-refractivity contribution in [1.29, 1.82) is 0 Å². The summed E-state index contributed by atoms with van der Waals surface area (Å²) >= 11 is -0.626. The average molecular weight is 301 g/mol. The topological polar surface area (TPSA) is 3.24 Å². The fourth-order valence-electron chi connectivity index (χ4n) is 1.64. The SMILES string of the molecule is CC(C)(C)c1ccc([N]2C=C[CH]=[In]2)cc1. The summed E-state index contributed by atoms with van der Waals surface area (Å²) in [6.45, 7) is 6.76. The van der Waals surface area contributed by atoms with Gasteiger partial charge in [0.1, 0.15) is 0 Å². The second-order valence-electron chi connectivity index (χ2n) is 4.89. The number of anilines is 1. The molecule has 1 aromatic rings. The second kappa shape index (κ2) is 4.17. The molecule has 0 fully saturated rings. The standard InChI is InChI=1S/C13H16N.In/c1-5-10-14-12-8-6-11(7-9-12)13(2,3)4;/h1,5-10H,2-4H3;/q-1;+1. The van der Waals surface area contributed by atoms with E-state index in [2.05, 4.69) is 64.0 Å². The van der Waals surface area contributed by atoms with E-state index in [0.29, 0.717) is 0 Å². The van der Waals surface area contributed by atoms with Gasteiger partial charge in [-0.2, -0.15) is 0 Å². The second-order valence-corrected chi connectivity index (χ2v) is 8.42. The maximum atomic E-state index is 2.43. The summed E-state index contributed by atoms with van der Waals surface area (Å²) in [5, 5.41) is 0. The normalized spacial score (nSPS) is 14.5. The zero-order valence-electron chi connectivity index (χ0n) is 9.57. The number of nitrogens with zero attached hydrogens (tertiary/aromatic N) is 1. The Kier molecular flexibility index (Phi) is 3.06. The number of allylic oxidation sites excluding steroid dienone is 1. The van der Waals surface area contributed by atoms with Crippen molar-refractivity contribution in [3.63, 3.8) is 0 Å². The Bertz CT molecular complexity index is 384. The summed E-state index contributed by atoms with van der Waals surface area (Å²) in [5.74, 6) is 0. The van der Waals surface area contributed by atoms with Gasteiger partial charge in [-0.15, -0.1) is 0 Å². The molecule has 1 nitrogen and oxygen atoms in total. The molecule has 1 aromatic carbocycles. The van der Waals surface area contributed by atoms with Crippen LogP contribution in [0.1, 0.15) is 26.3 Å². The van der Waals surface area contributed by atoms with Crippen molar-refractivity contribution in [3.8, 4) is 0 Å². The predicted octanol–water partition coefficient (Wildman–Crippen LogP) is 2.74. The van der Waals surface area contributed by atoms with Gasteiger partial charge < -0.3 is 0 Å². The first-order valence-electron chi connectivity index (χ1n) is 5.31. The Labute approximate surface area is 103 Å². The molecular formula is C13H16InN. The molecule has 1 aliphatic heterocycles. The van der Waals surface area contributed by atoms with Crippen LogP contribution in [0.25, 0.3) is 0 Å². The van der Waals surface area contributed by atoms with Gasteiger partial charge in [-0.25, -0.2) is 0 Å². The first kappa shape index (κ1) is 11.0. The van der Waals surface area contributed by atoms with Crippen molar-refractivity contribution in [2.24, 2.45) is 0 Å². The Morgan fingerprint density at radius 2 is 1.73 bits per heavy atom. The van der Waals surface area contributed by atoms with E-state index >= 15 is 0 Å². The van der Waals surface area contributed by atoms with E-state index in [1.54, 1.807) is 0 Å². The zero-order valence-corrected chi connectivity index (χ0v) is 12.9. The van der Waals surface area contributed by atoms with Gasteiger partial charge in [-0.05, 0) is 0 Å². The molecule has 0 aliphatic carbocycles. The summed E-state index contributed by atoms with van der Waals surface area (Å²) in [4.78, 5) is 0. The molecule has 0 atom stereocenters. The van der Waals surface area contributed by atoms with Gasteiger partial charge in [0, 0.05) is 0 Å². The third-order valence-electron chi connectivity index (χ3n) is 2.64. The molecule has 0 radical (unpaired) electrons. The fourth-order valence-corrected chi connectivity index (χ4v) is 4.29. The van der Waals surface area contributed by atoms with Crippen molar-refractivity contribution in [2.75, 3.05) is 2.89 Å². The van der Waals surface area contributed by atoms with Crippen LogP contribution < -0.4 is 2.89 Å². The molecule has 0 aromatic heterocycles. The number of rotatable bonds is 1. The van der Waals surface area contributed by atoms with Gasteiger partial charge in [0.05, 0.1) is 0 Å². The number of benzene rings is 1. The molecule has 0 N–H and O–H groups in total. The van der Waals surface area contributed by atoms with Crippen LogP contribution in [-0.2, 0) is 5.41 Å². The molecule has 0 spiro atoms. The monoisotopic (exact) mass is 301 g/mol. The Hall–Kier alpha value is -0.500. The summed E-state index contributed by atoms with van der Waals surface area (Å²) in [6.07, 6.45) is 4.38. The molecule has 1 aliphatic rings. The molecule has 1 heterocycles. The third-order valence-corrected chi connectivity index (χ3v) is 6.02. The van der Waals surface area contributed by atoms with Crippen molar-refractivity contribution in [2.45, 2.75) is 26.2 Å². The first-order chi connectivity index (χ1) is 7.07. The molecule has 76 valence electrons. The van der Waals surface area contributed by atoms with Crippen LogP contribution in [-0.4, -0.2) is 26.5 Å². The molecule has 0 amide bonds. The molecule has 0 bridgehead atoms. The van der Waals surface area contributed by atoms with Crippen LogP contribution in [0, 0.1) is 0 Å². The maximum absolute atomic E-state index is 2.43. The summed E-state index contributed by atoms with van der Waals surface area (Å²) in [5.41, 5.74) is 3.02. The molecule has 2 heteroatoms. The Morgan fingerprint density at radius 1 is 1.07 bits per heavy atom. The van der Waals surface area contributed by atoms with E-state index in [-0.39, 0.29) is 5.41 Å². The van der Waals surface area contributed by atoms with E-state index in [1.165, 1.54) is 11.3 Å². The van der Waals surface area contributed by atoms with Crippen molar-refractivity contribution in [3.05, 3.63) is 42.1 Å². The van der Waals surface area contributed by atoms with Gasteiger partial charge in [-0.1, -0.05) is 0 Å². The average Bonchev–Trinajstić information content (AvgIpc) is 2.69. The molecule has 2 rings (SSSR count). The summed E-state index contributed by atoms with van der Waals surface area (Å²) in [7, 11) is 0. The summed E-state index contributed by atoms with van der Waals surface area (Å²) < 4.78 is 4.79. The van der Waals surface area contributed by atoms with Gasteiger partial charge >= 0.3 is 103 Å². The van der Waals surface area contributed by atoms with E-state index < -0.39 is 22.7 Å².